The second kappa shape index (κ2) is 3.19. The van der Waals surface area contributed by atoms with Crippen LogP contribution in [0.1, 0.15) is 6.92 Å². The van der Waals surface area contributed by atoms with Gasteiger partial charge in [0.05, 0.1) is 5.75 Å². The average molecular weight is 193 g/mol. The molecule has 1 aromatic rings. The summed E-state index contributed by atoms with van der Waals surface area (Å²) in [7, 11) is -3.39. The Morgan fingerprint density at radius 2 is 2.45 bits per heavy atom. The first-order chi connectivity index (χ1) is 5.14. The van der Waals surface area contributed by atoms with Gasteiger partial charge in [0.15, 0.2) is 0 Å². The fourth-order valence-electron chi connectivity index (χ4n) is 0.419. The van der Waals surface area contributed by atoms with Crippen molar-refractivity contribution < 1.29 is 12.6 Å². The largest absolute Gasteiger partial charge is 0.351 e. The van der Waals surface area contributed by atoms with Crippen molar-refractivity contribution >= 4 is 21.5 Å². The Balaban J connectivity index is 2.72. The van der Waals surface area contributed by atoms with Crippen molar-refractivity contribution in [3.05, 3.63) is 11.6 Å². The zero-order valence-corrected chi connectivity index (χ0v) is 7.48. The van der Waals surface area contributed by atoms with Gasteiger partial charge in [-0.25, -0.2) is 4.98 Å². The normalized spacial score (nSPS) is 11.4. The fourth-order valence-corrected chi connectivity index (χ4v) is 1.63. The van der Waals surface area contributed by atoms with E-state index < -0.39 is 10.1 Å². The molecule has 0 amide bonds. The van der Waals surface area contributed by atoms with Crippen molar-refractivity contribution in [1.29, 1.82) is 0 Å². The summed E-state index contributed by atoms with van der Waals surface area (Å²) in [5.41, 5.74) is 0. The Hall–Kier alpha value is -0.620. The lowest BCUT2D eigenvalue weighted by molar-refractivity contribution is 0.485. The Morgan fingerprint density at radius 3 is 2.91 bits per heavy atom. The van der Waals surface area contributed by atoms with E-state index >= 15 is 0 Å². The van der Waals surface area contributed by atoms with Crippen molar-refractivity contribution in [3.63, 3.8) is 0 Å². The maximum atomic E-state index is 10.8. The molecule has 62 valence electrons. The highest BCUT2D eigenvalue weighted by Crippen LogP contribution is 2.15. The molecule has 0 aliphatic heterocycles. The molecule has 0 saturated carbocycles. The van der Waals surface area contributed by atoms with Gasteiger partial charge in [0.1, 0.15) is 0 Å². The van der Waals surface area contributed by atoms with Gasteiger partial charge in [-0.15, -0.1) is 0 Å². The van der Waals surface area contributed by atoms with Gasteiger partial charge in [-0.3, -0.25) is 0 Å². The van der Waals surface area contributed by atoms with Crippen molar-refractivity contribution in [2.45, 2.75) is 6.92 Å². The molecular weight excluding hydrogens is 186 g/mol. The zero-order chi connectivity index (χ0) is 8.32. The molecule has 0 radical (unpaired) electrons. The lowest BCUT2D eigenvalue weighted by Crippen LogP contribution is -2.10. The molecule has 0 unspecified atom stereocenters. The molecule has 0 aliphatic carbocycles. The third kappa shape index (κ3) is 2.47. The summed E-state index contributed by atoms with van der Waals surface area (Å²) >= 11 is 1.15. The number of nitrogens with zero attached hydrogens (tertiary/aromatic N) is 1. The Bertz CT molecular complexity index is 302. The third-order valence-electron chi connectivity index (χ3n) is 0.961. The smallest absolute Gasteiger partial charge is 0.311 e. The minimum atomic E-state index is -3.39. The van der Waals surface area contributed by atoms with Crippen LogP contribution < -0.4 is 4.18 Å². The molecule has 1 heterocycles. The monoisotopic (exact) mass is 193 g/mol. The average Bonchev–Trinajstić information content (AvgIpc) is 2.39. The number of thiazole rings is 1. The molecule has 11 heavy (non-hydrogen) atoms. The quantitative estimate of drug-likeness (QED) is 0.668. The summed E-state index contributed by atoms with van der Waals surface area (Å²) in [6.45, 7) is 1.52. The summed E-state index contributed by atoms with van der Waals surface area (Å²) in [6, 6.07) is 0. The fraction of sp³-hybridized carbons (Fsp3) is 0.400. The Kier molecular flexibility index (Phi) is 2.45. The highest BCUT2D eigenvalue weighted by Gasteiger charge is 2.09. The highest BCUT2D eigenvalue weighted by atomic mass is 32.2. The van der Waals surface area contributed by atoms with Crippen LogP contribution in [0.15, 0.2) is 11.6 Å². The predicted octanol–water partition coefficient (Wildman–Crippen LogP) is 0.872. The molecule has 1 rings (SSSR count). The van der Waals surface area contributed by atoms with Crippen LogP contribution in [0.4, 0.5) is 0 Å². The van der Waals surface area contributed by atoms with Gasteiger partial charge in [0, 0.05) is 11.6 Å². The van der Waals surface area contributed by atoms with E-state index in [2.05, 4.69) is 9.17 Å². The minimum absolute atomic E-state index is 0.0351. The summed E-state index contributed by atoms with van der Waals surface area (Å²) in [6.07, 6.45) is 1.49. The molecule has 4 nitrogen and oxygen atoms in total. The Labute approximate surface area is 69.0 Å². The van der Waals surface area contributed by atoms with E-state index in [-0.39, 0.29) is 10.9 Å². The number of hydrogen-bond acceptors (Lipinski definition) is 5. The van der Waals surface area contributed by atoms with E-state index in [1.807, 2.05) is 0 Å². The van der Waals surface area contributed by atoms with Gasteiger partial charge >= 0.3 is 10.1 Å². The van der Waals surface area contributed by atoms with E-state index in [1.54, 1.807) is 5.38 Å². The van der Waals surface area contributed by atoms with Gasteiger partial charge in [-0.2, -0.15) is 8.42 Å². The maximum Gasteiger partial charge on any atom is 0.311 e. The minimum Gasteiger partial charge on any atom is -0.351 e. The van der Waals surface area contributed by atoms with Crippen LogP contribution in [0.5, 0.6) is 5.19 Å². The topological polar surface area (TPSA) is 56.3 Å². The van der Waals surface area contributed by atoms with E-state index in [1.165, 1.54) is 13.1 Å². The number of rotatable bonds is 3. The molecular formula is C5H7NO3S2. The van der Waals surface area contributed by atoms with Gasteiger partial charge in [-0.05, 0) is 6.92 Å². The van der Waals surface area contributed by atoms with E-state index in [4.69, 9.17) is 0 Å². The van der Waals surface area contributed by atoms with E-state index in [9.17, 15) is 8.42 Å². The molecule has 0 bridgehead atoms. The SMILES string of the molecule is CCS(=O)(=O)Oc1nccs1. The summed E-state index contributed by atoms with van der Waals surface area (Å²) in [5.74, 6) is -0.0351. The molecule has 0 atom stereocenters. The Morgan fingerprint density at radius 1 is 1.73 bits per heavy atom. The van der Waals surface area contributed by atoms with Crippen LogP contribution >= 0.6 is 11.3 Å². The first-order valence-electron chi connectivity index (χ1n) is 2.95. The maximum absolute atomic E-state index is 10.8. The second-order valence-electron chi connectivity index (χ2n) is 1.73. The number of aromatic nitrogens is 1. The van der Waals surface area contributed by atoms with Gasteiger partial charge < -0.3 is 4.18 Å². The lowest BCUT2D eigenvalue weighted by Gasteiger charge is -1.98. The molecule has 0 saturated heterocycles. The standard InChI is InChI=1S/C5H7NO3S2/c1-2-11(7,8)9-5-6-3-4-10-5/h3-4H,2H2,1H3. The van der Waals surface area contributed by atoms with Crippen LogP contribution in [0, 0.1) is 0 Å². The lowest BCUT2D eigenvalue weighted by atomic mass is 11.0. The van der Waals surface area contributed by atoms with E-state index in [0.717, 1.165) is 11.3 Å². The van der Waals surface area contributed by atoms with Crippen LogP contribution in [0.2, 0.25) is 0 Å². The first-order valence-corrected chi connectivity index (χ1v) is 5.41. The van der Waals surface area contributed by atoms with Crippen LogP contribution in [0.25, 0.3) is 0 Å². The third-order valence-corrected chi connectivity index (χ3v) is 2.83. The second-order valence-corrected chi connectivity index (χ2v) is 4.44. The molecule has 0 spiro atoms. The van der Waals surface area contributed by atoms with Crippen LogP contribution in [-0.4, -0.2) is 19.2 Å². The molecule has 0 aromatic carbocycles. The molecule has 0 aliphatic rings. The van der Waals surface area contributed by atoms with Crippen molar-refractivity contribution in [2.24, 2.45) is 0 Å². The van der Waals surface area contributed by atoms with Crippen molar-refractivity contribution in [3.8, 4) is 5.19 Å². The summed E-state index contributed by atoms with van der Waals surface area (Å²) in [4.78, 5) is 3.67. The van der Waals surface area contributed by atoms with Crippen LogP contribution in [-0.2, 0) is 10.1 Å². The van der Waals surface area contributed by atoms with Gasteiger partial charge in [-0.1, -0.05) is 11.3 Å². The zero-order valence-electron chi connectivity index (χ0n) is 5.85. The molecule has 0 fully saturated rings. The van der Waals surface area contributed by atoms with Gasteiger partial charge in [0.25, 0.3) is 5.19 Å². The number of hydrogen-bond donors (Lipinski definition) is 0. The first kappa shape index (κ1) is 8.48. The molecule has 0 N–H and O–H groups in total. The van der Waals surface area contributed by atoms with Crippen LogP contribution in [0.3, 0.4) is 0 Å². The van der Waals surface area contributed by atoms with Crippen molar-refractivity contribution in [1.82, 2.24) is 4.98 Å². The molecule has 1 aromatic heterocycles. The summed E-state index contributed by atoms with van der Waals surface area (Å²) in [5, 5.41) is 1.83. The highest BCUT2D eigenvalue weighted by molar-refractivity contribution is 7.87. The van der Waals surface area contributed by atoms with E-state index in [0.29, 0.717) is 0 Å². The summed E-state index contributed by atoms with van der Waals surface area (Å²) < 4.78 is 26.2. The van der Waals surface area contributed by atoms with Gasteiger partial charge in [0.2, 0.25) is 0 Å². The predicted molar refractivity (Wildman–Crippen MR) is 42.2 cm³/mol. The van der Waals surface area contributed by atoms with Crippen molar-refractivity contribution in [2.75, 3.05) is 5.75 Å². The molecule has 6 heteroatoms.